The summed E-state index contributed by atoms with van der Waals surface area (Å²) in [6.45, 7) is 0.115. The Balaban J connectivity index is 1.77. The van der Waals surface area contributed by atoms with E-state index in [4.69, 9.17) is 11.6 Å². The average molecular weight is 354 g/mol. The average Bonchev–Trinajstić information content (AvgIpc) is 2.97. The summed E-state index contributed by atoms with van der Waals surface area (Å²) in [5.74, 6) is -0.106. The van der Waals surface area contributed by atoms with E-state index < -0.39 is 6.61 Å². The Morgan fingerprint density at radius 1 is 1.38 bits per heavy atom. The fourth-order valence-corrected chi connectivity index (χ4v) is 2.44. The van der Waals surface area contributed by atoms with E-state index in [9.17, 15) is 8.78 Å². The smallest absolute Gasteiger partial charge is 0.387 e. The molecule has 0 atom stereocenters. The van der Waals surface area contributed by atoms with E-state index in [0.29, 0.717) is 18.9 Å². The van der Waals surface area contributed by atoms with Gasteiger partial charge in [-0.2, -0.15) is 8.78 Å². The van der Waals surface area contributed by atoms with Crippen LogP contribution in [0.3, 0.4) is 0 Å². The minimum Gasteiger partial charge on any atom is -0.433 e. The number of aromatic nitrogens is 3. The second kappa shape index (κ2) is 6.96. The number of allylic oxidation sites excluding steroid dienone is 1. The Bertz CT molecular complexity index is 790. The second-order valence-electron chi connectivity index (χ2n) is 5.22. The molecule has 0 bridgehead atoms. The van der Waals surface area contributed by atoms with Gasteiger partial charge in [0.2, 0.25) is 0 Å². The molecule has 0 fully saturated rings. The Kier molecular flexibility index (Phi) is 4.75. The van der Waals surface area contributed by atoms with Crippen LogP contribution >= 0.6 is 11.6 Å². The highest BCUT2D eigenvalue weighted by Crippen LogP contribution is 2.28. The first-order chi connectivity index (χ1) is 11.5. The number of nitrogens with zero attached hydrogens (tertiary/aromatic N) is 5. The first kappa shape index (κ1) is 16.4. The minimum absolute atomic E-state index is 0.103. The Morgan fingerprint density at radius 2 is 2.21 bits per heavy atom. The maximum atomic E-state index is 12.4. The van der Waals surface area contributed by atoms with Gasteiger partial charge in [-0.05, 0) is 24.6 Å². The molecule has 2 aromatic rings. The fraction of sp³-hybridized carbons (Fsp3) is 0.267. The third kappa shape index (κ3) is 3.88. The molecule has 0 amide bonds. The zero-order valence-electron chi connectivity index (χ0n) is 12.7. The third-order valence-electron chi connectivity index (χ3n) is 3.25. The monoisotopic (exact) mass is 353 g/mol. The highest BCUT2D eigenvalue weighted by molar-refractivity contribution is 6.32. The van der Waals surface area contributed by atoms with Gasteiger partial charge >= 0.3 is 6.61 Å². The van der Waals surface area contributed by atoms with Crippen molar-refractivity contribution in [3.8, 4) is 11.4 Å². The SMILES string of the molecule is CC1=CN(Cc2cn(-c3ccc(Cl)c(OC(F)F)c3)nn2)CN=C1. The van der Waals surface area contributed by atoms with Crippen molar-refractivity contribution in [2.24, 2.45) is 4.99 Å². The van der Waals surface area contributed by atoms with E-state index in [2.05, 4.69) is 20.0 Å². The van der Waals surface area contributed by atoms with Gasteiger partial charge in [-0.15, -0.1) is 5.10 Å². The largest absolute Gasteiger partial charge is 0.433 e. The van der Waals surface area contributed by atoms with Crippen molar-refractivity contribution >= 4 is 17.8 Å². The van der Waals surface area contributed by atoms with Crippen LogP contribution in [0.2, 0.25) is 5.02 Å². The zero-order chi connectivity index (χ0) is 17.1. The van der Waals surface area contributed by atoms with E-state index >= 15 is 0 Å². The molecule has 1 aromatic carbocycles. The van der Waals surface area contributed by atoms with Crippen molar-refractivity contribution in [1.82, 2.24) is 19.9 Å². The lowest BCUT2D eigenvalue weighted by atomic mass is 10.3. The summed E-state index contributed by atoms with van der Waals surface area (Å²) >= 11 is 5.85. The molecule has 9 heteroatoms. The van der Waals surface area contributed by atoms with Crippen LogP contribution in [-0.4, -0.2) is 39.4 Å². The summed E-state index contributed by atoms with van der Waals surface area (Å²) in [4.78, 5) is 6.22. The molecule has 6 nitrogen and oxygen atoms in total. The summed E-state index contributed by atoms with van der Waals surface area (Å²) in [7, 11) is 0. The summed E-state index contributed by atoms with van der Waals surface area (Å²) in [5.41, 5.74) is 2.31. The van der Waals surface area contributed by atoms with E-state index in [-0.39, 0.29) is 10.8 Å². The molecule has 1 aromatic heterocycles. The van der Waals surface area contributed by atoms with Gasteiger partial charge in [0.1, 0.15) is 18.1 Å². The predicted molar refractivity (Wildman–Crippen MR) is 85.7 cm³/mol. The van der Waals surface area contributed by atoms with Crippen LogP contribution in [0.15, 0.2) is 41.2 Å². The maximum Gasteiger partial charge on any atom is 0.387 e. The van der Waals surface area contributed by atoms with Crippen molar-refractivity contribution in [3.05, 3.63) is 46.9 Å². The number of hydrogen-bond acceptors (Lipinski definition) is 5. The first-order valence-corrected chi connectivity index (χ1v) is 7.47. The summed E-state index contributed by atoms with van der Waals surface area (Å²) in [5, 5.41) is 8.21. The number of alkyl halides is 2. The minimum atomic E-state index is -2.95. The quantitative estimate of drug-likeness (QED) is 0.827. The molecule has 0 saturated heterocycles. The van der Waals surface area contributed by atoms with E-state index in [1.54, 1.807) is 12.3 Å². The summed E-state index contributed by atoms with van der Waals surface area (Å²) in [6.07, 6.45) is 5.52. The fourth-order valence-electron chi connectivity index (χ4n) is 2.27. The van der Waals surface area contributed by atoms with E-state index in [1.165, 1.54) is 16.8 Å². The molecule has 126 valence electrons. The van der Waals surface area contributed by atoms with Gasteiger partial charge in [-0.3, -0.25) is 4.99 Å². The van der Waals surface area contributed by atoms with Gasteiger partial charge in [0.25, 0.3) is 0 Å². The van der Waals surface area contributed by atoms with Crippen LogP contribution in [-0.2, 0) is 6.54 Å². The van der Waals surface area contributed by atoms with E-state index in [0.717, 1.165) is 11.3 Å². The normalized spacial score (nSPS) is 14.2. The maximum absolute atomic E-state index is 12.4. The zero-order valence-corrected chi connectivity index (χ0v) is 13.5. The molecule has 0 N–H and O–H groups in total. The molecule has 0 saturated carbocycles. The van der Waals surface area contributed by atoms with Crippen LogP contribution in [0.4, 0.5) is 8.78 Å². The van der Waals surface area contributed by atoms with Crippen LogP contribution in [0.1, 0.15) is 12.6 Å². The molecular weight excluding hydrogens is 340 g/mol. The molecule has 0 unspecified atom stereocenters. The first-order valence-electron chi connectivity index (χ1n) is 7.09. The summed E-state index contributed by atoms with van der Waals surface area (Å²) in [6, 6.07) is 4.51. The van der Waals surface area contributed by atoms with Gasteiger partial charge in [0.15, 0.2) is 0 Å². The van der Waals surface area contributed by atoms with Crippen molar-refractivity contribution in [2.45, 2.75) is 20.1 Å². The Labute approximate surface area is 142 Å². The van der Waals surface area contributed by atoms with Crippen LogP contribution < -0.4 is 4.74 Å². The van der Waals surface area contributed by atoms with Gasteiger partial charge < -0.3 is 9.64 Å². The molecule has 1 aliphatic heterocycles. The molecule has 0 spiro atoms. The van der Waals surface area contributed by atoms with Crippen LogP contribution in [0, 0.1) is 0 Å². The Hall–Kier alpha value is -2.48. The van der Waals surface area contributed by atoms with Crippen molar-refractivity contribution < 1.29 is 13.5 Å². The van der Waals surface area contributed by atoms with E-state index in [1.807, 2.05) is 24.2 Å². The van der Waals surface area contributed by atoms with Crippen molar-refractivity contribution in [1.29, 1.82) is 0 Å². The predicted octanol–water partition coefficient (Wildman–Crippen LogP) is 3.27. The lowest BCUT2D eigenvalue weighted by Crippen LogP contribution is -2.20. The standard InChI is InChI=1S/C15H14ClF2N5O/c1-10-5-19-9-22(6-10)7-11-8-23(21-20-11)12-2-3-13(16)14(4-12)24-15(17)18/h2-6,8,15H,7,9H2,1H3. The van der Waals surface area contributed by atoms with Crippen molar-refractivity contribution in [2.75, 3.05) is 6.67 Å². The molecule has 3 rings (SSSR count). The molecular formula is C15H14ClF2N5O. The van der Waals surface area contributed by atoms with Gasteiger partial charge in [-0.25, -0.2) is 4.68 Å². The van der Waals surface area contributed by atoms with Crippen LogP contribution in [0.25, 0.3) is 5.69 Å². The second-order valence-corrected chi connectivity index (χ2v) is 5.63. The van der Waals surface area contributed by atoms with Crippen molar-refractivity contribution in [3.63, 3.8) is 0 Å². The number of rotatable bonds is 5. The highest BCUT2D eigenvalue weighted by Gasteiger charge is 2.12. The molecule has 2 heterocycles. The number of hydrogen-bond donors (Lipinski definition) is 0. The Morgan fingerprint density at radius 3 is 2.96 bits per heavy atom. The molecule has 1 aliphatic rings. The van der Waals surface area contributed by atoms with Crippen LogP contribution in [0.5, 0.6) is 5.75 Å². The highest BCUT2D eigenvalue weighted by atomic mass is 35.5. The topological polar surface area (TPSA) is 55.5 Å². The van der Waals surface area contributed by atoms with Gasteiger partial charge in [0, 0.05) is 18.5 Å². The number of aliphatic imine (C=N–C) groups is 1. The molecule has 0 aliphatic carbocycles. The third-order valence-corrected chi connectivity index (χ3v) is 3.56. The van der Waals surface area contributed by atoms with Gasteiger partial charge in [-0.1, -0.05) is 16.8 Å². The molecule has 24 heavy (non-hydrogen) atoms. The lowest BCUT2D eigenvalue weighted by molar-refractivity contribution is -0.0497. The number of benzene rings is 1. The van der Waals surface area contributed by atoms with Gasteiger partial charge in [0.05, 0.1) is 23.5 Å². The molecule has 0 radical (unpaired) electrons. The lowest BCUT2D eigenvalue weighted by Gasteiger charge is -2.19. The summed E-state index contributed by atoms with van der Waals surface area (Å²) < 4.78 is 30.7. The number of ether oxygens (including phenoxy) is 1. The number of halogens is 3.